The van der Waals surface area contributed by atoms with Gasteiger partial charge < -0.3 is 25.2 Å². The molecule has 1 aliphatic rings. The van der Waals surface area contributed by atoms with Gasteiger partial charge in [-0.25, -0.2) is 4.79 Å². The molecule has 2 rings (SSSR count). The van der Waals surface area contributed by atoms with Crippen molar-refractivity contribution >= 4 is 11.7 Å². The maximum atomic E-state index is 11.4. The molecule has 1 unspecified atom stereocenters. The van der Waals surface area contributed by atoms with E-state index in [1.165, 1.54) is 0 Å². The fourth-order valence-corrected chi connectivity index (χ4v) is 1.39. The van der Waals surface area contributed by atoms with E-state index >= 15 is 0 Å². The van der Waals surface area contributed by atoms with Crippen molar-refractivity contribution in [1.29, 1.82) is 0 Å². The minimum absolute atomic E-state index is 0.201. The van der Waals surface area contributed by atoms with E-state index in [4.69, 9.17) is 14.6 Å². The van der Waals surface area contributed by atoms with Crippen LogP contribution in [0.5, 0.6) is 11.5 Å². The molecule has 0 aliphatic carbocycles. The van der Waals surface area contributed by atoms with Gasteiger partial charge in [0, 0.05) is 18.3 Å². The summed E-state index contributed by atoms with van der Waals surface area (Å²) in [5.41, 5.74) is 0.609. The van der Waals surface area contributed by atoms with Gasteiger partial charge in [-0.2, -0.15) is 0 Å². The number of carbonyl (C=O) groups is 1. The lowest BCUT2D eigenvalue weighted by atomic mass is 10.3. The van der Waals surface area contributed by atoms with E-state index in [2.05, 4.69) is 10.6 Å². The number of aliphatic hydroxyl groups is 1. The second-order valence-corrected chi connectivity index (χ2v) is 3.75. The number of benzene rings is 1. The lowest BCUT2D eigenvalue weighted by Gasteiger charge is -2.09. The maximum Gasteiger partial charge on any atom is 0.319 e. The van der Waals surface area contributed by atoms with Crippen LogP contribution in [0.4, 0.5) is 10.5 Å². The summed E-state index contributed by atoms with van der Waals surface area (Å²) in [6.45, 7) is 2.00. The molecule has 1 heterocycles. The van der Waals surface area contributed by atoms with Crippen molar-refractivity contribution in [2.45, 2.75) is 13.0 Å². The molecule has 1 aromatic rings. The molecule has 3 N–H and O–H groups in total. The Morgan fingerprint density at radius 2 is 2.24 bits per heavy atom. The summed E-state index contributed by atoms with van der Waals surface area (Å²) in [4.78, 5) is 11.4. The van der Waals surface area contributed by atoms with E-state index in [9.17, 15) is 4.79 Å². The largest absolute Gasteiger partial charge is 0.454 e. The smallest absolute Gasteiger partial charge is 0.319 e. The van der Waals surface area contributed by atoms with Crippen molar-refractivity contribution in [3.05, 3.63) is 18.2 Å². The number of carbonyl (C=O) groups excluding carboxylic acids is 1. The lowest BCUT2D eigenvalue weighted by molar-refractivity contribution is 0.174. The number of anilines is 1. The number of urea groups is 1. The molecule has 1 aromatic carbocycles. The van der Waals surface area contributed by atoms with Crippen molar-refractivity contribution in [3.8, 4) is 11.5 Å². The molecule has 0 saturated carbocycles. The average molecular weight is 238 g/mol. The van der Waals surface area contributed by atoms with Crippen LogP contribution in [-0.2, 0) is 0 Å². The van der Waals surface area contributed by atoms with Gasteiger partial charge in [0.15, 0.2) is 11.5 Å². The topological polar surface area (TPSA) is 79.8 Å². The van der Waals surface area contributed by atoms with Crippen LogP contribution in [0.2, 0.25) is 0 Å². The molecule has 6 nitrogen and oxygen atoms in total. The van der Waals surface area contributed by atoms with Crippen LogP contribution in [0.25, 0.3) is 0 Å². The number of ether oxygens (including phenoxy) is 2. The first-order valence-electron chi connectivity index (χ1n) is 5.28. The number of hydrogen-bond acceptors (Lipinski definition) is 4. The van der Waals surface area contributed by atoms with Gasteiger partial charge in [0.1, 0.15) is 0 Å². The third-order valence-electron chi connectivity index (χ3n) is 2.19. The number of aliphatic hydroxyl groups excluding tert-OH is 1. The Labute approximate surface area is 98.5 Å². The first-order valence-corrected chi connectivity index (χ1v) is 5.28. The summed E-state index contributed by atoms with van der Waals surface area (Å²) in [5, 5.41) is 14.2. The molecule has 0 spiro atoms. The second kappa shape index (κ2) is 4.92. The zero-order chi connectivity index (χ0) is 12.3. The van der Waals surface area contributed by atoms with Gasteiger partial charge in [0.2, 0.25) is 6.79 Å². The van der Waals surface area contributed by atoms with Gasteiger partial charge in [-0.05, 0) is 19.1 Å². The van der Waals surface area contributed by atoms with E-state index < -0.39 is 6.10 Å². The second-order valence-electron chi connectivity index (χ2n) is 3.75. The van der Waals surface area contributed by atoms with Crippen molar-refractivity contribution in [1.82, 2.24) is 5.32 Å². The molecule has 0 radical (unpaired) electrons. The molecule has 0 saturated heterocycles. The van der Waals surface area contributed by atoms with E-state index in [-0.39, 0.29) is 19.4 Å². The molecular weight excluding hydrogens is 224 g/mol. The van der Waals surface area contributed by atoms with Gasteiger partial charge >= 0.3 is 6.03 Å². The predicted molar refractivity (Wildman–Crippen MR) is 61.3 cm³/mol. The number of fused-ring (bicyclic) bond motifs is 1. The fourth-order valence-electron chi connectivity index (χ4n) is 1.39. The SMILES string of the molecule is CC(O)CNC(=O)Nc1ccc2c(c1)OCO2. The Morgan fingerprint density at radius 1 is 1.47 bits per heavy atom. The van der Waals surface area contributed by atoms with Crippen molar-refractivity contribution in [3.63, 3.8) is 0 Å². The Bertz CT molecular complexity index is 420. The molecule has 92 valence electrons. The normalized spacial score (nSPS) is 14.2. The van der Waals surface area contributed by atoms with Crippen LogP contribution in [0.1, 0.15) is 6.92 Å². The first-order chi connectivity index (χ1) is 8.15. The van der Waals surface area contributed by atoms with Gasteiger partial charge in [0.25, 0.3) is 0 Å². The number of rotatable bonds is 3. The highest BCUT2D eigenvalue weighted by Crippen LogP contribution is 2.34. The molecule has 1 aliphatic heterocycles. The van der Waals surface area contributed by atoms with Gasteiger partial charge in [0.05, 0.1) is 6.10 Å². The molecule has 17 heavy (non-hydrogen) atoms. The number of nitrogens with one attached hydrogen (secondary N) is 2. The maximum absolute atomic E-state index is 11.4. The quantitative estimate of drug-likeness (QED) is 0.731. The number of hydrogen-bond donors (Lipinski definition) is 3. The summed E-state index contributed by atoms with van der Waals surface area (Å²) in [5.74, 6) is 1.28. The molecule has 0 fully saturated rings. The van der Waals surface area contributed by atoms with Gasteiger partial charge in [-0.3, -0.25) is 0 Å². The molecule has 2 amide bonds. The molecule has 6 heteroatoms. The minimum Gasteiger partial charge on any atom is -0.454 e. The Morgan fingerprint density at radius 3 is 3.00 bits per heavy atom. The Hall–Kier alpha value is -1.95. The molecular formula is C11H14N2O4. The zero-order valence-electron chi connectivity index (χ0n) is 9.40. The highest BCUT2D eigenvalue weighted by Gasteiger charge is 2.13. The van der Waals surface area contributed by atoms with Crippen molar-refractivity contribution < 1.29 is 19.4 Å². The highest BCUT2D eigenvalue weighted by molar-refractivity contribution is 5.89. The van der Waals surface area contributed by atoms with Crippen LogP contribution < -0.4 is 20.1 Å². The summed E-state index contributed by atoms with van der Waals surface area (Å²) in [6, 6.07) is 4.76. The predicted octanol–water partition coefficient (Wildman–Crippen LogP) is 0.918. The minimum atomic E-state index is -0.572. The van der Waals surface area contributed by atoms with E-state index in [1.54, 1.807) is 25.1 Å². The zero-order valence-corrected chi connectivity index (χ0v) is 9.40. The fraction of sp³-hybridized carbons (Fsp3) is 0.364. The first kappa shape index (κ1) is 11.5. The van der Waals surface area contributed by atoms with Crippen LogP contribution in [0, 0.1) is 0 Å². The van der Waals surface area contributed by atoms with Gasteiger partial charge in [-0.15, -0.1) is 0 Å². The van der Waals surface area contributed by atoms with Crippen LogP contribution in [0.3, 0.4) is 0 Å². The molecule has 0 aromatic heterocycles. The monoisotopic (exact) mass is 238 g/mol. The summed E-state index contributed by atoms with van der Waals surface area (Å²) in [6.07, 6.45) is -0.572. The van der Waals surface area contributed by atoms with E-state index in [1.807, 2.05) is 0 Å². The van der Waals surface area contributed by atoms with Crippen molar-refractivity contribution in [2.24, 2.45) is 0 Å². The third kappa shape index (κ3) is 3.01. The van der Waals surface area contributed by atoms with Gasteiger partial charge in [-0.1, -0.05) is 0 Å². The Kier molecular flexibility index (Phi) is 3.34. The molecule has 0 bridgehead atoms. The van der Waals surface area contributed by atoms with E-state index in [0.29, 0.717) is 17.2 Å². The summed E-state index contributed by atoms with van der Waals surface area (Å²) < 4.78 is 10.3. The standard InChI is InChI=1S/C11H14N2O4/c1-7(14)5-12-11(15)13-8-2-3-9-10(4-8)17-6-16-9/h2-4,7,14H,5-6H2,1H3,(H2,12,13,15). The van der Waals surface area contributed by atoms with Crippen LogP contribution >= 0.6 is 0 Å². The van der Waals surface area contributed by atoms with E-state index in [0.717, 1.165) is 0 Å². The molecule has 1 atom stereocenters. The summed E-state index contributed by atoms with van der Waals surface area (Å²) in [7, 11) is 0. The average Bonchev–Trinajstić information content (AvgIpc) is 2.73. The van der Waals surface area contributed by atoms with Crippen molar-refractivity contribution in [2.75, 3.05) is 18.7 Å². The highest BCUT2D eigenvalue weighted by atomic mass is 16.7. The third-order valence-corrected chi connectivity index (χ3v) is 2.19. The van der Waals surface area contributed by atoms with Crippen LogP contribution in [-0.4, -0.2) is 30.6 Å². The number of amides is 2. The Balaban J connectivity index is 1.92. The van der Waals surface area contributed by atoms with Crippen LogP contribution in [0.15, 0.2) is 18.2 Å². The summed E-state index contributed by atoms with van der Waals surface area (Å²) >= 11 is 0. The lowest BCUT2D eigenvalue weighted by Crippen LogP contribution is -2.34.